The van der Waals surface area contributed by atoms with Crippen molar-refractivity contribution < 1.29 is 13.6 Å². The zero-order valence-corrected chi connectivity index (χ0v) is 18.1. The van der Waals surface area contributed by atoms with E-state index in [4.69, 9.17) is 8.83 Å². The molecule has 1 aliphatic heterocycles. The maximum Gasteiger partial charge on any atom is 0.317 e. The van der Waals surface area contributed by atoms with Gasteiger partial charge in [0.05, 0.1) is 6.26 Å². The second-order valence-electron chi connectivity index (χ2n) is 7.89. The van der Waals surface area contributed by atoms with Crippen LogP contribution in [-0.4, -0.2) is 53.2 Å². The van der Waals surface area contributed by atoms with Crippen molar-refractivity contribution in [2.75, 3.05) is 37.6 Å². The van der Waals surface area contributed by atoms with Crippen molar-refractivity contribution in [3.05, 3.63) is 60.6 Å². The first-order valence-electron chi connectivity index (χ1n) is 11.0. The highest BCUT2D eigenvalue weighted by atomic mass is 16.4. The number of nitrogens with zero attached hydrogens (tertiary/aromatic N) is 5. The van der Waals surface area contributed by atoms with Crippen LogP contribution in [0.4, 0.5) is 10.7 Å². The van der Waals surface area contributed by atoms with Gasteiger partial charge in [-0.05, 0) is 36.1 Å². The van der Waals surface area contributed by atoms with E-state index in [1.165, 1.54) is 17.2 Å². The fourth-order valence-electron chi connectivity index (χ4n) is 4.11. The van der Waals surface area contributed by atoms with E-state index in [9.17, 15) is 10.1 Å². The van der Waals surface area contributed by atoms with Gasteiger partial charge in [-0.2, -0.15) is 10.2 Å². The molecule has 0 saturated carbocycles. The number of oxazole rings is 1. The zero-order valence-electron chi connectivity index (χ0n) is 18.1. The van der Waals surface area contributed by atoms with E-state index >= 15 is 0 Å². The summed E-state index contributed by atoms with van der Waals surface area (Å²) in [5, 5.41) is 13.7. The van der Waals surface area contributed by atoms with Gasteiger partial charge in [0.25, 0.3) is 5.89 Å². The summed E-state index contributed by atoms with van der Waals surface area (Å²) in [5.41, 5.74) is 1.43. The van der Waals surface area contributed by atoms with Crippen LogP contribution in [0, 0.1) is 11.3 Å². The minimum Gasteiger partial charge on any atom is -0.459 e. The summed E-state index contributed by atoms with van der Waals surface area (Å²) in [5.74, 6) is 1.17. The van der Waals surface area contributed by atoms with Crippen LogP contribution in [0.15, 0.2) is 63.8 Å². The van der Waals surface area contributed by atoms with Crippen molar-refractivity contribution in [1.82, 2.24) is 19.8 Å². The molecule has 0 radical (unpaired) electrons. The first kappa shape index (κ1) is 20.7. The molecule has 0 aliphatic carbocycles. The lowest BCUT2D eigenvalue weighted by Crippen LogP contribution is -2.52. The summed E-state index contributed by atoms with van der Waals surface area (Å²) in [4.78, 5) is 20.6. The van der Waals surface area contributed by atoms with Crippen molar-refractivity contribution in [2.45, 2.75) is 13.0 Å². The Morgan fingerprint density at radius 3 is 2.76 bits per heavy atom. The number of nitrogens with one attached hydrogen (secondary N) is 1. The number of urea groups is 1. The Morgan fingerprint density at radius 2 is 1.97 bits per heavy atom. The number of furan rings is 1. The summed E-state index contributed by atoms with van der Waals surface area (Å²) in [6.07, 6.45) is 4.47. The van der Waals surface area contributed by atoms with E-state index < -0.39 is 0 Å². The highest BCUT2D eigenvalue weighted by molar-refractivity contribution is 5.79. The van der Waals surface area contributed by atoms with E-state index in [1.807, 2.05) is 17.0 Å². The molecule has 168 valence electrons. The maximum atomic E-state index is 12.6. The molecule has 1 N–H and O–H groups in total. The summed E-state index contributed by atoms with van der Waals surface area (Å²) in [6, 6.07) is 15.9. The van der Waals surface area contributed by atoms with Crippen LogP contribution in [0.25, 0.3) is 22.6 Å². The Hall–Kier alpha value is -4.19. The first-order valence-corrected chi connectivity index (χ1v) is 11.0. The number of hydrogen-bond donors (Lipinski definition) is 1. The fourth-order valence-corrected chi connectivity index (χ4v) is 4.11. The van der Waals surface area contributed by atoms with Crippen LogP contribution in [-0.2, 0) is 6.54 Å². The number of carbonyl (C=O) groups excluding carboxylic acids is 1. The Labute approximate surface area is 190 Å². The second kappa shape index (κ2) is 9.12. The normalized spacial score (nSPS) is 13.9. The average Bonchev–Trinajstić information content (AvgIpc) is 3.61. The highest BCUT2D eigenvalue weighted by Gasteiger charge is 2.27. The molecule has 2 amide bonds. The van der Waals surface area contributed by atoms with Crippen molar-refractivity contribution in [3.63, 3.8) is 0 Å². The number of carbonyl (C=O) groups is 1. The van der Waals surface area contributed by atoms with Gasteiger partial charge in [-0.1, -0.05) is 18.2 Å². The van der Waals surface area contributed by atoms with Crippen LogP contribution >= 0.6 is 0 Å². The van der Waals surface area contributed by atoms with Crippen LogP contribution in [0.5, 0.6) is 0 Å². The molecule has 0 spiro atoms. The predicted octanol–water partition coefficient (Wildman–Crippen LogP) is 3.68. The van der Waals surface area contributed by atoms with E-state index in [2.05, 4.69) is 45.3 Å². The Bertz CT molecular complexity index is 1280. The molecule has 1 aliphatic rings. The number of aromatic nitrogens is 2. The lowest BCUT2D eigenvalue weighted by Gasteiger charge is -2.34. The van der Waals surface area contributed by atoms with E-state index in [0.29, 0.717) is 44.4 Å². The van der Waals surface area contributed by atoms with Gasteiger partial charge in [0.15, 0.2) is 5.76 Å². The molecule has 0 bridgehead atoms. The number of piperazine rings is 1. The second-order valence-corrected chi connectivity index (χ2v) is 7.89. The zero-order chi connectivity index (χ0) is 22.6. The van der Waals surface area contributed by atoms with Gasteiger partial charge in [-0.15, -0.1) is 0 Å². The molecule has 4 heterocycles. The van der Waals surface area contributed by atoms with E-state index in [-0.39, 0.29) is 17.6 Å². The number of para-hydroxylation sites is 1. The molecule has 1 saturated heterocycles. The van der Waals surface area contributed by atoms with Gasteiger partial charge in [0.1, 0.15) is 6.07 Å². The highest BCUT2D eigenvalue weighted by Crippen LogP contribution is 2.29. The third-order valence-electron chi connectivity index (χ3n) is 5.83. The third kappa shape index (κ3) is 4.28. The molecule has 5 rings (SSSR count). The predicted molar refractivity (Wildman–Crippen MR) is 123 cm³/mol. The molecule has 9 nitrogen and oxygen atoms in total. The first-order chi connectivity index (χ1) is 16.2. The Balaban J connectivity index is 1.11. The van der Waals surface area contributed by atoms with Gasteiger partial charge in [-0.25, -0.2) is 4.79 Å². The Kier molecular flexibility index (Phi) is 5.72. The minimum atomic E-state index is -0.0682. The van der Waals surface area contributed by atoms with Crippen molar-refractivity contribution in [2.24, 2.45) is 0 Å². The van der Waals surface area contributed by atoms with Crippen LogP contribution in [0.3, 0.4) is 0 Å². The number of hydrogen-bond acceptors (Lipinski definition) is 6. The topological polar surface area (TPSA) is 103 Å². The number of anilines is 1. The van der Waals surface area contributed by atoms with Gasteiger partial charge >= 0.3 is 6.03 Å². The molecule has 1 fully saturated rings. The SMILES string of the molecule is N#Cc1nc(-c2ccco2)oc1N1CCN(C(=O)NCCCn2ccc3ccccc32)CC1. The van der Waals surface area contributed by atoms with Crippen LogP contribution in [0.1, 0.15) is 12.1 Å². The smallest absolute Gasteiger partial charge is 0.317 e. The largest absolute Gasteiger partial charge is 0.459 e. The third-order valence-corrected chi connectivity index (χ3v) is 5.83. The van der Waals surface area contributed by atoms with Crippen molar-refractivity contribution in [1.29, 1.82) is 5.26 Å². The summed E-state index contributed by atoms with van der Waals surface area (Å²) in [6.45, 7) is 3.65. The number of aryl methyl sites for hydroxylation is 1. The molecule has 0 unspecified atom stereocenters. The van der Waals surface area contributed by atoms with Gasteiger partial charge in [0, 0.05) is 51.0 Å². The molecule has 1 aromatic carbocycles. The number of fused-ring (bicyclic) bond motifs is 1. The molecule has 0 atom stereocenters. The standard InChI is InChI=1S/C24H24N6O3/c25-17-19-23(33-22(27-19)21-7-3-16-32-21)29-12-14-30(15-13-29)24(31)26-9-4-10-28-11-8-18-5-1-2-6-20(18)28/h1-3,5-8,11,16H,4,9-10,12-15H2,(H,26,31). The molecular formula is C24H24N6O3. The summed E-state index contributed by atoms with van der Waals surface area (Å²) in [7, 11) is 0. The van der Waals surface area contributed by atoms with Gasteiger partial charge < -0.3 is 28.5 Å². The van der Waals surface area contributed by atoms with Crippen LogP contribution in [0.2, 0.25) is 0 Å². The lowest BCUT2D eigenvalue weighted by molar-refractivity contribution is 0.193. The lowest BCUT2D eigenvalue weighted by atomic mass is 10.2. The van der Waals surface area contributed by atoms with Gasteiger partial charge in [-0.3, -0.25) is 0 Å². The minimum absolute atomic E-state index is 0.0682. The fraction of sp³-hybridized carbons (Fsp3) is 0.292. The number of nitriles is 1. The molecule has 33 heavy (non-hydrogen) atoms. The molecule has 4 aromatic rings. The summed E-state index contributed by atoms with van der Waals surface area (Å²) < 4.78 is 13.3. The molecule has 3 aromatic heterocycles. The van der Waals surface area contributed by atoms with Crippen LogP contribution < -0.4 is 10.2 Å². The quantitative estimate of drug-likeness (QED) is 0.455. The molecular weight excluding hydrogens is 420 g/mol. The van der Waals surface area contributed by atoms with Gasteiger partial charge in [0.2, 0.25) is 11.6 Å². The molecule has 9 heteroatoms. The Morgan fingerprint density at radius 1 is 1.12 bits per heavy atom. The maximum absolute atomic E-state index is 12.6. The number of benzene rings is 1. The summed E-state index contributed by atoms with van der Waals surface area (Å²) >= 11 is 0. The van der Waals surface area contributed by atoms with Crippen molar-refractivity contribution in [3.8, 4) is 17.7 Å². The van der Waals surface area contributed by atoms with E-state index in [0.717, 1.165) is 13.0 Å². The average molecular weight is 444 g/mol. The number of rotatable bonds is 6. The van der Waals surface area contributed by atoms with E-state index in [1.54, 1.807) is 17.0 Å². The number of amides is 2. The van der Waals surface area contributed by atoms with Crippen molar-refractivity contribution >= 4 is 22.8 Å². The monoisotopic (exact) mass is 444 g/mol.